The fraction of sp³-hybridized carbons (Fsp3) is 0.0217. The molecule has 0 fully saturated rings. The number of hydrogen-bond donors (Lipinski definition) is 0. The second kappa shape index (κ2) is 12.7. The van der Waals surface area contributed by atoms with Crippen molar-refractivity contribution in [1.82, 2.24) is 15.0 Å². The highest BCUT2D eigenvalue weighted by Gasteiger charge is 2.40. The lowest BCUT2D eigenvalue weighted by Gasteiger charge is -2.37. The molecule has 0 N–H and O–H groups in total. The van der Waals surface area contributed by atoms with Gasteiger partial charge in [0.15, 0.2) is 17.5 Å². The Morgan fingerprint density at radius 2 is 0.760 bits per heavy atom. The van der Waals surface area contributed by atoms with E-state index in [9.17, 15) is 0 Å². The zero-order valence-electron chi connectivity index (χ0n) is 27.1. The SMILES string of the molecule is c1ccc(-c2nc(-c3ccccc3)nc(-c3cc(C(c4ccccc4)(c4ccccc4)c4ccccc4)c4c(c3)sc3ccccc34)n2)cc1. The fourth-order valence-electron chi connectivity index (χ4n) is 7.25. The normalized spacial score (nSPS) is 11.6. The number of benzene rings is 7. The first-order valence-corrected chi connectivity index (χ1v) is 17.6. The van der Waals surface area contributed by atoms with Gasteiger partial charge >= 0.3 is 0 Å². The highest BCUT2D eigenvalue weighted by molar-refractivity contribution is 7.25. The first kappa shape index (κ1) is 29.9. The summed E-state index contributed by atoms with van der Waals surface area (Å²) < 4.78 is 2.43. The standard InChI is InChI=1S/C46H31N3S/c1-6-18-32(19-7-1)43-47-44(33-20-8-2-9-21-33)49-45(48-43)34-30-39(42-38-28-16-17-29-40(38)50-41(42)31-34)46(35-22-10-3-11-23-35,36-24-12-4-13-25-36)37-26-14-5-15-27-37/h1-31H. The van der Waals surface area contributed by atoms with Crippen molar-refractivity contribution in [3.63, 3.8) is 0 Å². The van der Waals surface area contributed by atoms with Crippen LogP contribution in [0.4, 0.5) is 0 Å². The molecule has 0 aliphatic carbocycles. The molecule has 0 atom stereocenters. The van der Waals surface area contributed by atoms with Gasteiger partial charge in [0.2, 0.25) is 0 Å². The highest BCUT2D eigenvalue weighted by atomic mass is 32.1. The summed E-state index contributed by atoms with van der Waals surface area (Å²) in [7, 11) is 0. The molecule has 0 amide bonds. The summed E-state index contributed by atoms with van der Waals surface area (Å²) >= 11 is 1.82. The maximum absolute atomic E-state index is 5.18. The van der Waals surface area contributed by atoms with Crippen molar-refractivity contribution in [1.29, 1.82) is 0 Å². The van der Waals surface area contributed by atoms with Crippen LogP contribution in [0.25, 0.3) is 54.3 Å². The maximum atomic E-state index is 5.18. The zero-order chi connectivity index (χ0) is 33.3. The Morgan fingerprint density at radius 1 is 0.360 bits per heavy atom. The topological polar surface area (TPSA) is 38.7 Å². The van der Waals surface area contributed by atoms with Crippen LogP contribution in [0.3, 0.4) is 0 Å². The smallest absolute Gasteiger partial charge is 0.164 e. The summed E-state index contributed by atoms with van der Waals surface area (Å²) in [5, 5.41) is 2.48. The Kier molecular flexibility index (Phi) is 7.57. The third-order valence-electron chi connectivity index (χ3n) is 9.46. The predicted octanol–water partition coefficient (Wildman–Crippen LogP) is 11.6. The molecule has 0 aliphatic rings. The van der Waals surface area contributed by atoms with Crippen LogP contribution < -0.4 is 0 Å². The lowest BCUT2D eigenvalue weighted by atomic mass is 9.64. The van der Waals surface area contributed by atoms with E-state index in [0.29, 0.717) is 17.5 Å². The van der Waals surface area contributed by atoms with E-state index < -0.39 is 5.41 Å². The van der Waals surface area contributed by atoms with Crippen LogP contribution in [0.15, 0.2) is 188 Å². The van der Waals surface area contributed by atoms with Gasteiger partial charge in [-0.25, -0.2) is 15.0 Å². The Morgan fingerprint density at radius 3 is 1.24 bits per heavy atom. The molecule has 4 heteroatoms. The third-order valence-corrected chi connectivity index (χ3v) is 10.6. The number of aromatic nitrogens is 3. The second-order valence-electron chi connectivity index (χ2n) is 12.4. The summed E-state index contributed by atoms with van der Waals surface area (Å²) in [6, 6.07) is 66.4. The van der Waals surface area contributed by atoms with Crippen molar-refractivity contribution in [3.8, 4) is 34.2 Å². The minimum Gasteiger partial charge on any atom is -0.208 e. The van der Waals surface area contributed by atoms with Crippen molar-refractivity contribution >= 4 is 31.5 Å². The van der Waals surface area contributed by atoms with Crippen molar-refractivity contribution < 1.29 is 0 Å². The lowest BCUT2D eigenvalue weighted by Crippen LogP contribution is -2.31. The first-order chi connectivity index (χ1) is 24.8. The van der Waals surface area contributed by atoms with E-state index in [2.05, 4.69) is 152 Å². The van der Waals surface area contributed by atoms with Crippen LogP contribution in [-0.4, -0.2) is 15.0 Å². The molecule has 0 saturated heterocycles. The van der Waals surface area contributed by atoms with Gasteiger partial charge in [-0.3, -0.25) is 0 Å². The van der Waals surface area contributed by atoms with Gasteiger partial charge in [0.25, 0.3) is 0 Å². The van der Waals surface area contributed by atoms with Gasteiger partial charge in [0, 0.05) is 36.9 Å². The molecule has 2 aromatic heterocycles. The van der Waals surface area contributed by atoms with Crippen molar-refractivity contribution in [2.24, 2.45) is 0 Å². The van der Waals surface area contributed by atoms with E-state index in [1.54, 1.807) is 0 Å². The summed E-state index contributed by atoms with van der Waals surface area (Å²) in [6.07, 6.45) is 0. The van der Waals surface area contributed by atoms with Crippen LogP contribution >= 0.6 is 11.3 Å². The van der Waals surface area contributed by atoms with E-state index in [-0.39, 0.29) is 0 Å². The number of thiophene rings is 1. The Bertz CT molecular complexity index is 2410. The number of rotatable bonds is 7. The van der Waals surface area contributed by atoms with E-state index in [4.69, 9.17) is 15.0 Å². The van der Waals surface area contributed by atoms with Gasteiger partial charge in [-0.2, -0.15) is 0 Å². The quantitative estimate of drug-likeness (QED) is 0.160. The molecule has 0 unspecified atom stereocenters. The van der Waals surface area contributed by atoms with Crippen LogP contribution in [0.5, 0.6) is 0 Å². The molecule has 50 heavy (non-hydrogen) atoms. The minimum absolute atomic E-state index is 0.640. The zero-order valence-corrected chi connectivity index (χ0v) is 28.0. The molecule has 9 rings (SSSR count). The van der Waals surface area contributed by atoms with Gasteiger partial charge in [-0.05, 0) is 40.5 Å². The number of hydrogen-bond acceptors (Lipinski definition) is 4. The van der Waals surface area contributed by atoms with Crippen LogP contribution in [0.2, 0.25) is 0 Å². The third kappa shape index (κ3) is 5.09. The minimum atomic E-state index is -0.653. The van der Waals surface area contributed by atoms with Crippen molar-refractivity contribution in [2.45, 2.75) is 5.41 Å². The lowest BCUT2D eigenvalue weighted by molar-refractivity contribution is 0.753. The van der Waals surface area contributed by atoms with Crippen molar-refractivity contribution in [3.05, 3.63) is 210 Å². The molecule has 7 aromatic carbocycles. The first-order valence-electron chi connectivity index (χ1n) is 16.8. The summed E-state index contributed by atoms with van der Waals surface area (Å²) in [6.45, 7) is 0. The number of fused-ring (bicyclic) bond motifs is 3. The van der Waals surface area contributed by atoms with E-state index in [0.717, 1.165) is 16.7 Å². The molecule has 3 nitrogen and oxygen atoms in total. The second-order valence-corrected chi connectivity index (χ2v) is 13.5. The van der Waals surface area contributed by atoms with E-state index in [1.807, 2.05) is 47.7 Å². The fourth-order valence-corrected chi connectivity index (χ4v) is 8.42. The maximum Gasteiger partial charge on any atom is 0.164 e. The Labute approximate surface area is 295 Å². The van der Waals surface area contributed by atoms with Crippen LogP contribution in [0.1, 0.15) is 22.3 Å². The molecular formula is C46H31N3S. The summed E-state index contributed by atoms with van der Waals surface area (Å²) in [4.78, 5) is 15.4. The monoisotopic (exact) mass is 657 g/mol. The number of nitrogens with zero attached hydrogens (tertiary/aromatic N) is 3. The Balaban J connectivity index is 1.43. The predicted molar refractivity (Wildman–Crippen MR) is 207 cm³/mol. The molecule has 0 saturated carbocycles. The van der Waals surface area contributed by atoms with Crippen molar-refractivity contribution in [2.75, 3.05) is 0 Å². The van der Waals surface area contributed by atoms with Crippen LogP contribution in [-0.2, 0) is 5.41 Å². The largest absolute Gasteiger partial charge is 0.208 e. The molecular weight excluding hydrogens is 627 g/mol. The van der Waals surface area contributed by atoms with Gasteiger partial charge < -0.3 is 0 Å². The molecule has 236 valence electrons. The molecule has 2 heterocycles. The average molecular weight is 658 g/mol. The van der Waals surface area contributed by atoms with Gasteiger partial charge in [-0.1, -0.05) is 170 Å². The van der Waals surface area contributed by atoms with E-state index in [1.165, 1.54) is 42.4 Å². The van der Waals surface area contributed by atoms with E-state index >= 15 is 0 Å². The molecule has 0 bridgehead atoms. The summed E-state index contributed by atoms with van der Waals surface area (Å²) in [5.74, 6) is 1.93. The van der Waals surface area contributed by atoms with Gasteiger partial charge in [0.1, 0.15) is 0 Å². The molecule has 9 aromatic rings. The summed E-state index contributed by atoms with van der Waals surface area (Å²) in [5.41, 5.74) is 6.95. The average Bonchev–Trinajstić information content (AvgIpc) is 3.59. The highest BCUT2D eigenvalue weighted by Crippen LogP contribution is 2.51. The molecule has 0 radical (unpaired) electrons. The van der Waals surface area contributed by atoms with Gasteiger partial charge in [0.05, 0.1) is 5.41 Å². The Hall–Kier alpha value is -6.23. The van der Waals surface area contributed by atoms with Crippen LogP contribution in [0, 0.1) is 0 Å². The van der Waals surface area contributed by atoms with Gasteiger partial charge in [-0.15, -0.1) is 11.3 Å². The molecule has 0 aliphatic heterocycles. The molecule has 0 spiro atoms.